The van der Waals surface area contributed by atoms with Crippen molar-refractivity contribution >= 4 is 5.71 Å². The van der Waals surface area contributed by atoms with Crippen molar-refractivity contribution in [1.29, 1.82) is 0 Å². The topological polar surface area (TPSA) is 57.5 Å². The van der Waals surface area contributed by atoms with Crippen molar-refractivity contribution in [2.45, 2.75) is 26.4 Å². The third kappa shape index (κ3) is 3.14. The Kier molecular flexibility index (Phi) is 4.07. The second-order valence-corrected chi connectivity index (χ2v) is 3.17. The number of nitrogens with zero attached hydrogens (tertiary/aromatic N) is 2. The Bertz CT molecular complexity index is 297. The maximum absolute atomic E-state index is 8.53. The summed E-state index contributed by atoms with van der Waals surface area (Å²) in [6.07, 6.45) is 1.76. The molecule has 0 fully saturated rings. The second-order valence-electron chi connectivity index (χ2n) is 3.17. The number of oxime groups is 1. The van der Waals surface area contributed by atoms with E-state index in [0.29, 0.717) is 12.3 Å². The number of aromatic nitrogens is 1. The summed E-state index contributed by atoms with van der Waals surface area (Å²) < 4.78 is 0. The van der Waals surface area contributed by atoms with Crippen LogP contribution in [0.3, 0.4) is 0 Å². The molecule has 0 radical (unpaired) electrons. The average Bonchev–Trinajstić information content (AvgIpc) is 2.26. The van der Waals surface area contributed by atoms with Gasteiger partial charge in [-0.25, -0.2) is 0 Å². The summed E-state index contributed by atoms with van der Waals surface area (Å²) >= 11 is 0. The SMILES string of the molecule is CC(=NO)C(C)NCc1ccccn1. The monoisotopic (exact) mass is 193 g/mol. The van der Waals surface area contributed by atoms with Crippen molar-refractivity contribution in [3.8, 4) is 0 Å². The first-order valence-electron chi connectivity index (χ1n) is 4.56. The van der Waals surface area contributed by atoms with Gasteiger partial charge in [0.1, 0.15) is 0 Å². The predicted octanol–water partition coefficient (Wildman–Crippen LogP) is 1.41. The smallest absolute Gasteiger partial charge is 0.0706 e. The first-order chi connectivity index (χ1) is 6.74. The molecule has 1 rings (SSSR count). The van der Waals surface area contributed by atoms with Gasteiger partial charge >= 0.3 is 0 Å². The van der Waals surface area contributed by atoms with Gasteiger partial charge in [-0.3, -0.25) is 4.98 Å². The first kappa shape index (κ1) is 10.7. The van der Waals surface area contributed by atoms with Gasteiger partial charge < -0.3 is 10.5 Å². The van der Waals surface area contributed by atoms with Gasteiger partial charge in [0.05, 0.1) is 11.4 Å². The van der Waals surface area contributed by atoms with E-state index in [2.05, 4.69) is 15.5 Å². The van der Waals surface area contributed by atoms with Gasteiger partial charge in [-0.1, -0.05) is 11.2 Å². The molecule has 0 amide bonds. The molecule has 0 aromatic carbocycles. The van der Waals surface area contributed by atoms with E-state index >= 15 is 0 Å². The molecule has 4 heteroatoms. The van der Waals surface area contributed by atoms with Crippen molar-refractivity contribution in [1.82, 2.24) is 10.3 Å². The molecule has 0 spiro atoms. The van der Waals surface area contributed by atoms with E-state index in [4.69, 9.17) is 5.21 Å². The van der Waals surface area contributed by atoms with Crippen LogP contribution in [0.25, 0.3) is 0 Å². The van der Waals surface area contributed by atoms with Gasteiger partial charge in [-0.2, -0.15) is 0 Å². The Morgan fingerprint density at radius 3 is 3.00 bits per heavy atom. The van der Waals surface area contributed by atoms with Crippen molar-refractivity contribution in [3.05, 3.63) is 30.1 Å². The highest BCUT2D eigenvalue weighted by Crippen LogP contribution is 1.94. The Balaban J connectivity index is 2.42. The summed E-state index contributed by atoms with van der Waals surface area (Å²) in [6, 6.07) is 5.84. The molecule has 1 unspecified atom stereocenters. The quantitative estimate of drug-likeness (QED) is 0.432. The number of hydrogen-bond donors (Lipinski definition) is 2. The zero-order valence-corrected chi connectivity index (χ0v) is 8.44. The highest BCUT2D eigenvalue weighted by atomic mass is 16.4. The molecule has 14 heavy (non-hydrogen) atoms. The Morgan fingerprint density at radius 2 is 2.43 bits per heavy atom. The molecular weight excluding hydrogens is 178 g/mol. The lowest BCUT2D eigenvalue weighted by atomic mass is 10.2. The fourth-order valence-electron chi connectivity index (χ4n) is 0.995. The molecule has 0 saturated carbocycles. The molecule has 4 nitrogen and oxygen atoms in total. The number of rotatable bonds is 4. The summed E-state index contributed by atoms with van der Waals surface area (Å²) in [4.78, 5) is 4.17. The number of hydrogen-bond acceptors (Lipinski definition) is 4. The molecule has 0 aliphatic rings. The third-order valence-corrected chi connectivity index (χ3v) is 2.10. The van der Waals surface area contributed by atoms with Crippen molar-refractivity contribution in [2.75, 3.05) is 0 Å². The largest absolute Gasteiger partial charge is 0.411 e. The number of nitrogens with one attached hydrogen (secondary N) is 1. The highest BCUT2D eigenvalue weighted by Gasteiger charge is 2.04. The summed E-state index contributed by atoms with van der Waals surface area (Å²) in [7, 11) is 0. The van der Waals surface area contributed by atoms with Gasteiger partial charge in [-0.05, 0) is 26.0 Å². The molecule has 1 aromatic heterocycles. The van der Waals surface area contributed by atoms with E-state index in [0.717, 1.165) is 5.69 Å². The maximum atomic E-state index is 8.53. The molecule has 0 saturated heterocycles. The molecule has 1 atom stereocenters. The van der Waals surface area contributed by atoms with Crippen LogP contribution in [0.15, 0.2) is 29.6 Å². The normalized spacial score (nSPS) is 14.0. The van der Waals surface area contributed by atoms with Crippen molar-refractivity contribution in [3.63, 3.8) is 0 Å². The zero-order valence-electron chi connectivity index (χ0n) is 8.44. The van der Waals surface area contributed by atoms with Crippen LogP contribution in [0.2, 0.25) is 0 Å². The van der Waals surface area contributed by atoms with Crippen molar-refractivity contribution < 1.29 is 5.21 Å². The highest BCUT2D eigenvalue weighted by molar-refractivity contribution is 5.86. The maximum Gasteiger partial charge on any atom is 0.0706 e. The summed E-state index contributed by atoms with van der Waals surface area (Å²) in [5, 5.41) is 14.9. The first-order valence-corrected chi connectivity index (χ1v) is 4.56. The minimum Gasteiger partial charge on any atom is -0.411 e. The van der Waals surface area contributed by atoms with E-state index in [-0.39, 0.29) is 6.04 Å². The summed E-state index contributed by atoms with van der Waals surface area (Å²) in [6.45, 7) is 4.39. The molecule has 2 N–H and O–H groups in total. The van der Waals surface area contributed by atoms with Crippen LogP contribution in [0.4, 0.5) is 0 Å². The van der Waals surface area contributed by atoms with Crippen LogP contribution >= 0.6 is 0 Å². The lowest BCUT2D eigenvalue weighted by molar-refractivity contribution is 0.315. The van der Waals surface area contributed by atoms with E-state index in [1.807, 2.05) is 25.1 Å². The van der Waals surface area contributed by atoms with Gasteiger partial charge in [0.2, 0.25) is 0 Å². The van der Waals surface area contributed by atoms with Gasteiger partial charge in [0, 0.05) is 18.8 Å². The van der Waals surface area contributed by atoms with E-state index in [9.17, 15) is 0 Å². The van der Waals surface area contributed by atoms with E-state index < -0.39 is 0 Å². The summed E-state index contributed by atoms with van der Waals surface area (Å²) in [5.41, 5.74) is 1.64. The molecule has 1 heterocycles. The zero-order chi connectivity index (χ0) is 10.4. The summed E-state index contributed by atoms with van der Waals surface area (Å²) in [5.74, 6) is 0. The van der Waals surface area contributed by atoms with Gasteiger partial charge in [0.25, 0.3) is 0 Å². The molecule has 0 bridgehead atoms. The van der Waals surface area contributed by atoms with Crippen LogP contribution in [-0.2, 0) is 6.54 Å². The second kappa shape index (κ2) is 5.34. The van der Waals surface area contributed by atoms with Crippen LogP contribution in [0, 0.1) is 0 Å². The molecule has 0 aliphatic carbocycles. The fraction of sp³-hybridized carbons (Fsp3) is 0.400. The molecule has 1 aromatic rings. The Labute approximate surface area is 83.7 Å². The minimum absolute atomic E-state index is 0.0574. The molecular formula is C10H15N3O. The van der Waals surface area contributed by atoms with Crippen LogP contribution in [-0.4, -0.2) is 21.9 Å². The predicted molar refractivity (Wildman–Crippen MR) is 55.4 cm³/mol. The van der Waals surface area contributed by atoms with E-state index in [1.54, 1.807) is 13.1 Å². The lowest BCUT2D eigenvalue weighted by Crippen LogP contribution is -2.32. The number of pyridine rings is 1. The van der Waals surface area contributed by atoms with Crippen LogP contribution in [0.1, 0.15) is 19.5 Å². The van der Waals surface area contributed by atoms with Crippen LogP contribution < -0.4 is 5.32 Å². The van der Waals surface area contributed by atoms with Gasteiger partial charge in [-0.15, -0.1) is 0 Å². The van der Waals surface area contributed by atoms with Crippen LogP contribution in [0.5, 0.6) is 0 Å². The Morgan fingerprint density at radius 1 is 1.64 bits per heavy atom. The van der Waals surface area contributed by atoms with Crippen molar-refractivity contribution in [2.24, 2.45) is 5.16 Å². The standard InChI is InChI=1S/C10H15N3O/c1-8(9(2)13-14)12-7-10-5-3-4-6-11-10/h3-6,8,12,14H,7H2,1-2H3. The third-order valence-electron chi connectivity index (χ3n) is 2.10. The average molecular weight is 193 g/mol. The fourth-order valence-corrected chi connectivity index (χ4v) is 0.995. The van der Waals surface area contributed by atoms with Gasteiger partial charge in [0.15, 0.2) is 0 Å². The minimum atomic E-state index is 0.0574. The molecule has 76 valence electrons. The lowest BCUT2D eigenvalue weighted by Gasteiger charge is -2.11. The molecule has 0 aliphatic heterocycles. The van der Waals surface area contributed by atoms with E-state index in [1.165, 1.54) is 0 Å². The Hall–Kier alpha value is -1.42.